The second kappa shape index (κ2) is 9.60. The van der Waals surface area contributed by atoms with Gasteiger partial charge in [0.2, 0.25) is 5.91 Å². The summed E-state index contributed by atoms with van der Waals surface area (Å²) in [5.41, 5.74) is 0.229. The van der Waals surface area contributed by atoms with Crippen molar-refractivity contribution in [1.82, 2.24) is 20.2 Å². The minimum atomic E-state index is -1.21. The first-order chi connectivity index (χ1) is 14.5. The summed E-state index contributed by atoms with van der Waals surface area (Å²) in [6.45, 7) is 1.67. The summed E-state index contributed by atoms with van der Waals surface area (Å²) in [6.07, 6.45) is 3.32. The number of hydrogen-bond donors (Lipinski definition) is 1. The summed E-state index contributed by atoms with van der Waals surface area (Å²) in [6, 6.07) is 14.6. The Balaban J connectivity index is 1.81. The van der Waals surface area contributed by atoms with Crippen LogP contribution in [-0.4, -0.2) is 47.4 Å². The number of carbonyl (C=O) groups is 2. The Labute approximate surface area is 179 Å². The van der Waals surface area contributed by atoms with E-state index in [2.05, 4.69) is 15.3 Å². The minimum absolute atomic E-state index is 0.0309. The molecular formula is C22H24N4O3S. The Kier molecular flexibility index (Phi) is 6.91. The van der Waals surface area contributed by atoms with Crippen LogP contribution >= 0.6 is 11.3 Å². The lowest BCUT2D eigenvalue weighted by Gasteiger charge is -2.35. The first-order valence-electron chi connectivity index (χ1n) is 9.41. The van der Waals surface area contributed by atoms with E-state index in [4.69, 9.17) is 4.74 Å². The van der Waals surface area contributed by atoms with Crippen LogP contribution in [0, 0.1) is 0 Å². The number of methoxy groups -OCH3 is 1. The highest BCUT2D eigenvalue weighted by molar-refractivity contribution is 7.09. The number of amides is 1. The molecule has 2 aromatic heterocycles. The van der Waals surface area contributed by atoms with Crippen LogP contribution in [0.4, 0.5) is 0 Å². The number of nitrogens with zero attached hydrogens (tertiary/aromatic N) is 3. The lowest BCUT2D eigenvalue weighted by molar-refractivity contribution is -0.155. The highest BCUT2D eigenvalue weighted by Gasteiger charge is 2.42. The van der Waals surface area contributed by atoms with Crippen molar-refractivity contribution in [1.29, 1.82) is 0 Å². The average Bonchev–Trinajstić information content (AvgIpc) is 3.32. The second-order valence-electron chi connectivity index (χ2n) is 6.92. The van der Waals surface area contributed by atoms with Crippen LogP contribution in [0.2, 0.25) is 0 Å². The maximum atomic E-state index is 13.0. The molecule has 0 saturated carbocycles. The molecule has 0 fully saturated rings. The van der Waals surface area contributed by atoms with E-state index in [9.17, 15) is 9.59 Å². The predicted molar refractivity (Wildman–Crippen MR) is 115 cm³/mol. The molecule has 2 atom stereocenters. The molecule has 0 radical (unpaired) electrons. The van der Waals surface area contributed by atoms with Crippen LogP contribution in [-0.2, 0) is 19.9 Å². The fraction of sp³-hybridized carbons (Fsp3) is 0.273. The van der Waals surface area contributed by atoms with Gasteiger partial charge in [-0.3, -0.25) is 14.7 Å². The topological polar surface area (TPSA) is 84.4 Å². The smallest absolute Gasteiger partial charge is 0.332 e. The lowest BCUT2D eigenvalue weighted by atomic mass is 9.95. The largest absolute Gasteiger partial charge is 0.467 e. The van der Waals surface area contributed by atoms with Gasteiger partial charge in [0.25, 0.3) is 0 Å². The number of likely N-dealkylation sites (N-methyl/N-ethyl adjacent to an activating group) is 1. The van der Waals surface area contributed by atoms with E-state index in [0.29, 0.717) is 5.69 Å². The summed E-state index contributed by atoms with van der Waals surface area (Å²) in [5.74, 6) is -0.733. The number of carbonyl (C=O) groups excluding carboxylic acids is 2. The van der Waals surface area contributed by atoms with Gasteiger partial charge >= 0.3 is 5.97 Å². The SMILES string of the molecule is COC(=O)[C@](C)(c1ccccn1)N(C)CC(=O)N[C@H](c1ccccc1)c1nccs1. The van der Waals surface area contributed by atoms with Crippen molar-refractivity contribution in [2.45, 2.75) is 18.5 Å². The Morgan fingerprint density at radius 2 is 1.87 bits per heavy atom. The van der Waals surface area contributed by atoms with Gasteiger partial charge in [-0.2, -0.15) is 0 Å². The van der Waals surface area contributed by atoms with Crippen molar-refractivity contribution in [2.75, 3.05) is 20.7 Å². The Morgan fingerprint density at radius 3 is 2.47 bits per heavy atom. The number of thiazole rings is 1. The van der Waals surface area contributed by atoms with Gasteiger partial charge < -0.3 is 10.1 Å². The molecule has 1 N–H and O–H groups in total. The molecule has 8 heteroatoms. The summed E-state index contributed by atoms with van der Waals surface area (Å²) >= 11 is 1.47. The average molecular weight is 425 g/mol. The number of benzene rings is 1. The van der Waals surface area contributed by atoms with Crippen molar-refractivity contribution in [3.8, 4) is 0 Å². The van der Waals surface area contributed by atoms with Gasteiger partial charge in [0, 0.05) is 17.8 Å². The second-order valence-corrected chi connectivity index (χ2v) is 7.84. The molecule has 0 aliphatic heterocycles. The quantitative estimate of drug-likeness (QED) is 0.560. The minimum Gasteiger partial charge on any atom is -0.467 e. The zero-order chi connectivity index (χ0) is 21.6. The number of rotatable bonds is 8. The molecule has 1 amide bonds. The molecule has 7 nitrogen and oxygen atoms in total. The normalized spacial score (nSPS) is 14.0. The first kappa shape index (κ1) is 21.6. The van der Waals surface area contributed by atoms with Gasteiger partial charge in [0.1, 0.15) is 11.0 Å². The number of esters is 1. The fourth-order valence-electron chi connectivity index (χ4n) is 3.20. The molecule has 3 rings (SSSR count). The van der Waals surface area contributed by atoms with Gasteiger partial charge in [-0.25, -0.2) is 9.78 Å². The molecule has 3 aromatic rings. The van der Waals surface area contributed by atoms with Gasteiger partial charge in [0.15, 0.2) is 5.54 Å². The zero-order valence-corrected chi connectivity index (χ0v) is 17.9. The molecule has 0 bridgehead atoms. The maximum absolute atomic E-state index is 13.0. The molecule has 1 aromatic carbocycles. The van der Waals surface area contributed by atoms with E-state index in [1.807, 2.05) is 35.7 Å². The summed E-state index contributed by atoms with van der Waals surface area (Å²) in [7, 11) is 3.03. The van der Waals surface area contributed by atoms with Crippen LogP contribution in [0.1, 0.15) is 29.2 Å². The number of nitrogens with one attached hydrogen (secondary N) is 1. The third kappa shape index (κ3) is 4.55. The van der Waals surface area contributed by atoms with Gasteiger partial charge in [0.05, 0.1) is 19.3 Å². The van der Waals surface area contributed by atoms with Crippen LogP contribution in [0.25, 0.3) is 0 Å². The number of hydrogen-bond acceptors (Lipinski definition) is 7. The standard InChI is InChI=1S/C22H24N4O3S/c1-22(21(28)29-3,17-11-7-8-12-23-17)26(2)15-18(27)25-19(20-24-13-14-30-20)16-9-5-4-6-10-16/h4-14,19H,15H2,1-3H3,(H,25,27)/t19-,22+/m1/s1. The Bertz CT molecular complexity index is 967. The first-order valence-corrected chi connectivity index (χ1v) is 10.3. The molecule has 0 saturated heterocycles. The predicted octanol–water partition coefficient (Wildman–Crippen LogP) is 2.76. The fourth-order valence-corrected chi connectivity index (χ4v) is 3.91. The summed E-state index contributed by atoms with van der Waals surface area (Å²) in [5, 5.41) is 5.71. The monoisotopic (exact) mass is 424 g/mol. The van der Waals surface area contributed by atoms with Crippen molar-refractivity contribution in [3.05, 3.63) is 82.6 Å². The van der Waals surface area contributed by atoms with Gasteiger partial charge in [-0.1, -0.05) is 36.4 Å². The van der Waals surface area contributed by atoms with E-state index < -0.39 is 11.5 Å². The highest BCUT2D eigenvalue weighted by atomic mass is 32.1. The lowest BCUT2D eigenvalue weighted by Crippen LogP contribution is -2.52. The van der Waals surface area contributed by atoms with Crippen molar-refractivity contribution >= 4 is 23.2 Å². The van der Waals surface area contributed by atoms with Crippen LogP contribution in [0.5, 0.6) is 0 Å². The molecule has 0 aliphatic rings. The van der Waals surface area contributed by atoms with Crippen molar-refractivity contribution in [2.24, 2.45) is 0 Å². The van der Waals surface area contributed by atoms with E-state index >= 15 is 0 Å². The number of aromatic nitrogens is 2. The number of ether oxygens (including phenoxy) is 1. The third-order valence-corrected chi connectivity index (χ3v) is 5.87. The molecule has 2 heterocycles. The highest BCUT2D eigenvalue weighted by Crippen LogP contribution is 2.28. The maximum Gasteiger partial charge on any atom is 0.332 e. The van der Waals surface area contributed by atoms with E-state index in [-0.39, 0.29) is 18.5 Å². The third-order valence-electron chi connectivity index (χ3n) is 5.03. The van der Waals surface area contributed by atoms with Gasteiger partial charge in [-0.15, -0.1) is 11.3 Å². The summed E-state index contributed by atoms with van der Waals surface area (Å²) in [4.78, 5) is 35.9. The van der Waals surface area contributed by atoms with Crippen LogP contribution in [0.15, 0.2) is 66.3 Å². The molecule has 30 heavy (non-hydrogen) atoms. The Hall–Kier alpha value is -3.10. The molecular weight excluding hydrogens is 400 g/mol. The van der Waals surface area contributed by atoms with Crippen molar-refractivity contribution in [3.63, 3.8) is 0 Å². The molecule has 0 unspecified atom stereocenters. The molecule has 156 valence electrons. The van der Waals surface area contributed by atoms with E-state index in [1.54, 1.807) is 49.5 Å². The van der Waals surface area contributed by atoms with E-state index in [1.165, 1.54) is 18.4 Å². The number of pyridine rings is 1. The van der Waals surface area contributed by atoms with Crippen molar-refractivity contribution < 1.29 is 14.3 Å². The zero-order valence-electron chi connectivity index (χ0n) is 17.1. The van der Waals surface area contributed by atoms with Crippen LogP contribution < -0.4 is 5.32 Å². The molecule has 0 aliphatic carbocycles. The Morgan fingerprint density at radius 1 is 1.13 bits per heavy atom. The van der Waals surface area contributed by atoms with Gasteiger partial charge in [-0.05, 0) is 31.7 Å². The van der Waals surface area contributed by atoms with E-state index in [0.717, 1.165) is 10.6 Å². The van der Waals surface area contributed by atoms with Crippen LogP contribution in [0.3, 0.4) is 0 Å². The summed E-state index contributed by atoms with van der Waals surface area (Å²) < 4.78 is 5.02. The molecule has 0 spiro atoms.